The first-order valence-electron chi connectivity index (χ1n) is 11.5. The molecule has 7 nitrogen and oxygen atoms in total. The Morgan fingerprint density at radius 1 is 1.07 bits per heavy atom. The lowest BCUT2D eigenvalue weighted by Crippen LogP contribution is -2.48. The predicted octanol–water partition coefficient (Wildman–Crippen LogP) is 2.05. The molecule has 4 aliphatic rings. The van der Waals surface area contributed by atoms with E-state index in [2.05, 4.69) is 4.90 Å². The molecule has 0 aromatic carbocycles. The van der Waals surface area contributed by atoms with Crippen molar-refractivity contribution in [2.24, 2.45) is 11.7 Å². The second-order valence-electron chi connectivity index (χ2n) is 9.39. The van der Waals surface area contributed by atoms with E-state index in [1.165, 1.54) is 19.3 Å². The fourth-order valence-corrected chi connectivity index (χ4v) is 5.30. The third-order valence-electron chi connectivity index (χ3n) is 7.38. The summed E-state index contributed by atoms with van der Waals surface area (Å²) in [6.07, 6.45) is 8.33. The highest BCUT2D eigenvalue weighted by atomic mass is 16.5. The Hall–Kier alpha value is -1.44. The largest absolute Gasteiger partial charge is 0.445 e. The second-order valence-corrected chi connectivity index (χ2v) is 9.39. The number of rotatable bonds is 3. The highest BCUT2D eigenvalue weighted by Crippen LogP contribution is 2.37. The van der Waals surface area contributed by atoms with Crippen LogP contribution >= 0.6 is 0 Å². The van der Waals surface area contributed by atoms with Crippen LogP contribution in [-0.4, -0.2) is 65.6 Å². The fraction of sp³-hybridized carbons (Fsp3) is 0.818. The molecule has 2 saturated heterocycles. The van der Waals surface area contributed by atoms with E-state index in [0.717, 1.165) is 82.3 Å². The van der Waals surface area contributed by atoms with Gasteiger partial charge in [-0.2, -0.15) is 0 Å². The molecule has 0 bridgehead atoms. The summed E-state index contributed by atoms with van der Waals surface area (Å²) in [6.45, 7) is 4.70. The molecule has 1 aromatic rings. The van der Waals surface area contributed by atoms with E-state index in [0.29, 0.717) is 18.5 Å². The van der Waals surface area contributed by atoms with Gasteiger partial charge in [-0.3, -0.25) is 9.69 Å². The lowest BCUT2D eigenvalue weighted by molar-refractivity contribution is -0.137. The first-order valence-corrected chi connectivity index (χ1v) is 11.5. The van der Waals surface area contributed by atoms with Gasteiger partial charge in [0.25, 0.3) is 0 Å². The number of carbonyl (C=O) groups is 1. The number of hydrogen-bond acceptors (Lipinski definition) is 6. The average Bonchev–Trinajstić information content (AvgIpc) is 3.00. The van der Waals surface area contributed by atoms with Crippen LogP contribution in [0.1, 0.15) is 68.2 Å². The van der Waals surface area contributed by atoms with Crippen molar-refractivity contribution in [3.63, 3.8) is 0 Å². The first kappa shape index (κ1) is 19.5. The van der Waals surface area contributed by atoms with Gasteiger partial charge in [0.15, 0.2) is 5.89 Å². The summed E-state index contributed by atoms with van der Waals surface area (Å²) in [7, 11) is 0. The maximum Gasteiger partial charge on any atom is 0.227 e. The quantitative estimate of drug-likeness (QED) is 0.833. The van der Waals surface area contributed by atoms with E-state index < -0.39 is 0 Å². The molecule has 0 spiro atoms. The minimum absolute atomic E-state index is 0.0333. The van der Waals surface area contributed by atoms with Crippen LogP contribution in [0.15, 0.2) is 4.42 Å². The Morgan fingerprint density at radius 2 is 1.90 bits per heavy atom. The number of hydrogen-bond donors (Lipinski definition) is 1. The molecule has 2 atom stereocenters. The number of aromatic nitrogens is 1. The first-order chi connectivity index (χ1) is 14.2. The van der Waals surface area contributed by atoms with Crippen LogP contribution in [0.3, 0.4) is 0 Å². The average molecular weight is 403 g/mol. The summed E-state index contributed by atoms with van der Waals surface area (Å²) in [5, 5.41) is 0. The fourth-order valence-electron chi connectivity index (χ4n) is 5.30. The predicted molar refractivity (Wildman–Crippen MR) is 108 cm³/mol. The number of oxazole rings is 1. The Kier molecular flexibility index (Phi) is 5.63. The van der Waals surface area contributed by atoms with E-state index in [1.807, 2.05) is 4.90 Å². The molecule has 1 aromatic heterocycles. The van der Waals surface area contributed by atoms with Crippen molar-refractivity contribution < 1.29 is 13.9 Å². The molecule has 1 saturated carbocycles. The van der Waals surface area contributed by atoms with Crippen molar-refractivity contribution in [1.82, 2.24) is 14.8 Å². The summed E-state index contributed by atoms with van der Waals surface area (Å²) in [5.74, 6) is 2.71. The van der Waals surface area contributed by atoms with Crippen molar-refractivity contribution in [2.75, 3.05) is 32.8 Å². The normalized spacial score (nSPS) is 29.9. The number of fused-ring (bicyclic) bond motifs is 1. The molecule has 5 rings (SSSR count). The minimum Gasteiger partial charge on any atom is -0.445 e. The summed E-state index contributed by atoms with van der Waals surface area (Å²) in [4.78, 5) is 22.7. The van der Waals surface area contributed by atoms with E-state index in [-0.39, 0.29) is 17.9 Å². The van der Waals surface area contributed by atoms with E-state index in [9.17, 15) is 4.79 Å². The number of likely N-dealkylation sites (tertiary alicyclic amines) is 1. The molecule has 3 aliphatic heterocycles. The van der Waals surface area contributed by atoms with E-state index in [1.54, 1.807) is 0 Å². The van der Waals surface area contributed by atoms with Gasteiger partial charge >= 0.3 is 0 Å². The van der Waals surface area contributed by atoms with Gasteiger partial charge in [0.2, 0.25) is 5.91 Å². The van der Waals surface area contributed by atoms with Crippen molar-refractivity contribution in [2.45, 2.75) is 75.9 Å². The summed E-state index contributed by atoms with van der Waals surface area (Å²) >= 11 is 0. The maximum atomic E-state index is 13.4. The summed E-state index contributed by atoms with van der Waals surface area (Å²) in [6, 6.07) is 0.654. The SMILES string of the molecule is N[C@@H]1CC[C@H](C(=O)N2CCc3oc(C4CCC4)nc3C2)CN(C2CCOCC2)C1. The van der Waals surface area contributed by atoms with Gasteiger partial charge in [-0.1, -0.05) is 6.42 Å². The van der Waals surface area contributed by atoms with Crippen molar-refractivity contribution in [1.29, 1.82) is 0 Å². The van der Waals surface area contributed by atoms with Gasteiger partial charge in [0.05, 0.1) is 12.5 Å². The molecule has 160 valence electrons. The summed E-state index contributed by atoms with van der Waals surface area (Å²) in [5.41, 5.74) is 7.35. The molecular weight excluding hydrogens is 368 g/mol. The van der Waals surface area contributed by atoms with Crippen LogP contribution in [0.25, 0.3) is 0 Å². The van der Waals surface area contributed by atoms with Crippen LogP contribution in [-0.2, 0) is 22.5 Å². The van der Waals surface area contributed by atoms with Crippen molar-refractivity contribution in [3.05, 3.63) is 17.3 Å². The van der Waals surface area contributed by atoms with E-state index >= 15 is 0 Å². The van der Waals surface area contributed by atoms with Crippen LogP contribution < -0.4 is 5.73 Å². The number of amides is 1. The lowest BCUT2D eigenvalue weighted by Gasteiger charge is -2.36. The Labute approximate surface area is 172 Å². The Morgan fingerprint density at radius 3 is 2.66 bits per heavy atom. The van der Waals surface area contributed by atoms with Crippen molar-refractivity contribution >= 4 is 5.91 Å². The van der Waals surface area contributed by atoms with Crippen LogP contribution in [0.4, 0.5) is 0 Å². The molecule has 0 radical (unpaired) electrons. The Bertz CT molecular complexity index is 726. The van der Waals surface area contributed by atoms with Crippen LogP contribution in [0.5, 0.6) is 0 Å². The smallest absolute Gasteiger partial charge is 0.227 e. The monoisotopic (exact) mass is 402 g/mol. The number of nitrogens with zero attached hydrogens (tertiary/aromatic N) is 3. The zero-order valence-corrected chi connectivity index (χ0v) is 17.4. The van der Waals surface area contributed by atoms with Crippen LogP contribution in [0, 0.1) is 5.92 Å². The second kappa shape index (κ2) is 8.36. The highest BCUT2D eigenvalue weighted by Gasteiger charge is 2.36. The maximum absolute atomic E-state index is 13.4. The van der Waals surface area contributed by atoms with Gasteiger partial charge in [-0.25, -0.2) is 4.98 Å². The Balaban J connectivity index is 1.26. The van der Waals surface area contributed by atoms with Crippen molar-refractivity contribution in [3.8, 4) is 0 Å². The highest BCUT2D eigenvalue weighted by molar-refractivity contribution is 5.79. The number of ether oxygens (including phenoxy) is 1. The topological polar surface area (TPSA) is 84.8 Å². The molecule has 2 N–H and O–H groups in total. The molecule has 29 heavy (non-hydrogen) atoms. The molecule has 0 unspecified atom stereocenters. The lowest BCUT2D eigenvalue weighted by atomic mass is 9.85. The molecule has 1 aliphatic carbocycles. The third-order valence-corrected chi connectivity index (χ3v) is 7.38. The summed E-state index contributed by atoms with van der Waals surface area (Å²) < 4.78 is 11.6. The number of nitrogens with two attached hydrogens (primary N) is 1. The number of carbonyl (C=O) groups excluding carboxylic acids is 1. The molecule has 3 fully saturated rings. The van der Waals surface area contributed by atoms with Gasteiger partial charge < -0.3 is 19.8 Å². The standard InChI is InChI=1S/C22H34N4O3/c23-17-5-4-16(12-26(13-17)18-7-10-28-11-8-18)22(27)25-9-6-20-19(14-25)24-21(29-20)15-2-1-3-15/h15-18H,1-14,23H2/t16-,17+/m0/s1. The van der Waals surface area contributed by atoms with Gasteiger partial charge in [0, 0.05) is 57.3 Å². The molecule has 7 heteroatoms. The molecular formula is C22H34N4O3. The minimum atomic E-state index is 0.0333. The third kappa shape index (κ3) is 4.09. The van der Waals surface area contributed by atoms with Gasteiger partial charge in [-0.15, -0.1) is 0 Å². The van der Waals surface area contributed by atoms with E-state index in [4.69, 9.17) is 19.9 Å². The zero-order valence-electron chi connectivity index (χ0n) is 17.4. The molecule has 1 amide bonds. The molecule has 4 heterocycles. The van der Waals surface area contributed by atoms with Gasteiger partial charge in [-0.05, 0) is 38.5 Å². The van der Waals surface area contributed by atoms with Crippen LogP contribution in [0.2, 0.25) is 0 Å². The van der Waals surface area contributed by atoms with Gasteiger partial charge in [0.1, 0.15) is 11.5 Å². The zero-order chi connectivity index (χ0) is 19.8.